The Morgan fingerprint density at radius 1 is 1.28 bits per heavy atom. The van der Waals surface area contributed by atoms with Gasteiger partial charge in [-0.1, -0.05) is 6.92 Å². The molecule has 0 aliphatic carbocycles. The van der Waals surface area contributed by atoms with Crippen LogP contribution in [0.4, 0.5) is 14.5 Å². The van der Waals surface area contributed by atoms with Crippen LogP contribution in [-0.2, 0) is 14.8 Å². The standard InChI is InChI=1S/C20H31F2N3O3S/c1-16-6-3-11-24(15-16)12-5-10-23-20(26)7-4-13-25(29(2,27)28)17-8-9-18(21)19(22)14-17/h8-9,14,16H,3-7,10-13,15H2,1-2H3,(H,23,26)/t16-/m0/s1. The summed E-state index contributed by atoms with van der Waals surface area (Å²) in [5.41, 5.74) is 0.0440. The minimum Gasteiger partial charge on any atom is -0.356 e. The Labute approximate surface area is 172 Å². The van der Waals surface area contributed by atoms with Crippen LogP contribution in [0.25, 0.3) is 0 Å². The predicted octanol–water partition coefficient (Wildman–Crippen LogP) is 2.75. The number of likely N-dealkylation sites (tertiary alicyclic amines) is 1. The van der Waals surface area contributed by atoms with Gasteiger partial charge >= 0.3 is 0 Å². The molecule has 0 bridgehead atoms. The van der Waals surface area contributed by atoms with Crippen molar-refractivity contribution in [3.05, 3.63) is 29.8 Å². The van der Waals surface area contributed by atoms with E-state index < -0.39 is 21.7 Å². The zero-order valence-electron chi connectivity index (χ0n) is 17.2. The lowest BCUT2D eigenvalue weighted by Crippen LogP contribution is -2.36. The monoisotopic (exact) mass is 431 g/mol. The topological polar surface area (TPSA) is 69.7 Å². The van der Waals surface area contributed by atoms with E-state index in [-0.39, 0.29) is 31.0 Å². The van der Waals surface area contributed by atoms with E-state index in [4.69, 9.17) is 0 Å². The molecule has 164 valence electrons. The van der Waals surface area contributed by atoms with Crippen LogP contribution in [0.2, 0.25) is 0 Å². The summed E-state index contributed by atoms with van der Waals surface area (Å²) in [4.78, 5) is 14.4. The molecule has 0 unspecified atom stereocenters. The van der Waals surface area contributed by atoms with Crippen LogP contribution >= 0.6 is 0 Å². The molecular formula is C20H31F2N3O3S. The van der Waals surface area contributed by atoms with Crippen LogP contribution in [0.15, 0.2) is 18.2 Å². The van der Waals surface area contributed by atoms with E-state index >= 15 is 0 Å². The molecule has 1 aromatic rings. The molecule has 1 fully saturated rings. The van der Waals surface area contributed by atoms with Gasteiger partial charge in [-0.2, -0.15) is 0 Å². The molecule has 1 amide bonds. The number of hydrogen-bond donors (Lipinski definition) is 1. The number of carbonyl (C=O) groups excluding carboxylic acids is 1. The molecule has 29 heavy (non-hydrogen) atoms. The van der Waals surface area contributed by atoms with Gasteiger partial charge in [0.25, 0.3) is 0 Å². The predicted molar refractivity (Wildman–Crippen MR) is 110 cm³/mol. The summed E-state index contributed by atoms with van der Waals surface area (Å²) in [5, 5.41) is 2.86. The number of amides is 1. The Morgan fingerprint density at radius 3 is 2.69 bits per heavy atom. The second-order valence-electron chi connectivity index (χ2n) is 7.79. The van der Waals surface area contributed by atoms with E-state index in [1.807, 2.05) is 0 Å². The number of carbonyl (C=O) groups is 1. The second kappa shape index (κ2) is 10.9. The average molecular weight is 432 g/mol. The molecule has 0 radical (unpaired) electrons. The zero-order chi connectivity index (χ0) is 21.4. The lowest BCUT2D eigenvalue weighted by Gasteiger charge is -2.30. The fraction of sp³-hybridized carbons (Fsp3) is 0.650. The van der Waals surface area contributed by atoms with Gasteiger partial charge in [-0.05, 0) is 56.8 Å². The number of sulfonamides is 1. The number of benzene rings is 1. The molecule has 2 rings (SSSR count). The lowest BCUT2D eigenvalue weighted by molar-refractivity contribution is -0.121. The van der Waals surface area contributed by atoms with Crippen molar-refractivity contribution in [2.75, 3.05) is 43.3 Å². The zero-order valence-corrected chi connectivity index (χ0v) is 18.0. The molecule has 1 atom stereocenters. The van der Waals surface area contributed by atoms with Gasteiger partial charge in [-0.3, -0.25) is 9.10 Å². The Balaban J connectivity index is 1.73. The van der Waals surface area contributed by atoms with Crippen molar-refractivity contribution in [2.45, 2.75) is 39.0 Å². The van der Waals surface area contributed by atoms with Gasteiger partial charge in [0.15, 0.2) is 11.6 Å². The van der Waals surface area contributed by atoms with Crippen molar-refractivity contribution in [2.24, 2.45) is 5.92 Å². The highest BCUT2D eigenvalue weighted by molar-refractivity contribution is 7.92. The molecule has 0 saturated carbocycles. The molecule has 9 heteroatoms. The summed E-state index contributed by atoms with van der Waals surface area (Å²) >= 11 is 0. The van der Waals surface area contributed by atoms with E-state index in [0.717, 1.165) is 54.7 Å². The Kier molecular flexibility index (Phi) is 8.82. The average Bonchev–Trinajstić information content (AvgIpc) is 2.64. The molecule has 1 N–H and O–H groups in total. The minimum absolute atomic E-state index is 0.0169. The first kappa shape index (κ1) is 23.5. The number of nitrogens with one attached hydrogen (secondary N) is 1. The highest BCUT2D eigenvalue weighted by atomic mass is 32.2. The number of rotatable bonds is 10. The van der Waals surface area contributed by atoms with Crippen LogP contribution in [0.3, 0.4) is 0 Å². The first-order valence-electron chi connectivity index (χ1n) is 10.1. The van der Waals surface area contributed by atoms with E-state index in [2.05, 4.69) is 17.1 Å². The summed E-state index contributed by atoms with van der Waals surface area (Å²) in [6.07, 6.45) is 4.82. The van der Waals surface area contributed by atoms with Gasteiger partial charge in [0, 0.05) is 32.1 Å². The Bertz CT molecular complexity index is 789. The molecule has 1 heterocycles. The number of nitrogens with zero attached hydrogens (tertiary/aromatic N) is 2. The van der Waals surface area contributed by atoms with Crippen molar-refractivity contribution in [1.82, 2.24) is 10.2 Å². The minimum atomic E-state index is -3.68. The third kappa shape index (κ3) is 7.89. The summed E-state index contributed by atoms with van der Waals surface area (Å²) in [6, 6.07) is 2.94. The number of piperidine rings is 1. The van der Waals surface area contributed by atoms with E-state index in [9.17, 15) is 22.0 Å². The summed E-state index contributed by atoms with van der Waals surface area (Å²) < 4.78 is 51.5. The van der Waals surface area contributed by atoms with E-state index in [1.165, 1.54) is 18.9 Å². The van der Waals surface area contributed by atoms with Crippen molar-refractivity contribution in [3.8, 4) is 0 Å². The highest BCUT2D eigenvalue weighted by Gasteiger charge is 2.19. The normalized spacial score (nSPS) is 17.9. The first-order valence-corrected chi connectivity index (χ1v) is 11.9. The third-order valence-electron chi connectivity index (χ3n) is 5.07. The number of halogens is 2. The van der Waals surface area contributed by atoms with Crippen LogP contribution in [0.5, 0.6) is 0 Å². The van der Waals surface area contributed by atoms with E-state index in [1.54, 1.807) is 0 Å². The Morgan fingerprint density at radius 2 is 2.03 bits per heavy atom. The SMILES string of the molecule is C[C@H]1CCCN(CCCNC(=O)CCCN(c2ccc(F)c(F)c2)S(C)(=O)=O)C1. The quantitative estimate of drug-likeness (QED) is 0.579. The molecule has 0 spiro atoms. The Hall–Kier alpha value is -1.74. The lowest BCUT2D eigenvalue weighted by atomic mass is 10.0. The molecule has 1 aromatic carbocycles. The molecular weight excluding hydrogens is 400 g/mol. The summed E-state index contributed by atoms with van der Waals surface area (Å²) in [7, 11) is -3.68. The van der Waals surface area contributed by atoms with Gasteiger partial charge in [0.2, 0.25) is 15.9 Å². The maximum absolute atomic E-state index is 13.4. The van der Waals surface area contributed by atoms with Crippen molar-refractivity contribution >= 4 is 21.6 Å². The van der Waals surface area contributed by atoms with Gasteiger partial charge in [-0.25, -0.2) is 17.2 Å². The van der Waals surface area contributed by atoms with Crippen LogP contribution in [0, 0.1) is 17.6 Å². The van der Waals surface area contributed by atoms with Crippen molar-refractivity contribution < 1.29 is 22.0 Å². The van der Waals surface area contributed by atoms with Crippen molar-refractivity contribution in [1.29, 1.82) is 0 Å². The molecule has 1 aliphatic rings. The van der Waals surface area contributed by atoms with Gasteiger partial charge in [0.05, 0.1) is 11.9 Å². The molecule has 6 nitrogen and oxygen atoms in total. The fourth-order valence-corrected chi connectivity index (χ4v) is 4.58. The molecule has 1 aliphatic heterocycles. The van der Waals surface area contributed by atoms with Crippen LogP contribution < -0.4 is 9.62 Å². The molecule has 0 aromatic heterocycles. The second-order valence-corrected chi connectivity index (χ2v) is 9.70. The first-order chi connectivity index (χ1) is 13.7. The number of anilines is 1. The summed E-state index contributed by atoms with van der Waals surface area (Å²) in [5.74, 6) is -1.57. The third-order valence-corrected chi connectivity index (χ3v) is 6.27. The van der Waals surface area contributed by atoms with E-state index in [0.29, 0.717) is 6.54 Å². The fourth-order valence-electron chi connectivity index (χ4n) is 3.62. The van der Waals surface area contributed by atoms with Gasteiger partial charge in [-0.15, -0.1) is 0 Å². The van der Waals surface area contributed by atoms with Crippen LogP contribution in [-0.4, -0.2) is 58.2 Å². The van der Waals surface area contributed by atoms with Crippen LogP contribution in [0.1, 0.15) is 39.0 Å². The van der Waals surface area contributed by atoms with Gasteiger partial charge < -0.3 is 10.2 Å². The van der Waals surface area contributed by atoms with Crippen molar-refractivity contribution in [3.63, 3.8) is 0 Å². The molecule has 1 saturated heterocycles. The smallest absolute Gasteiger partial charge is 0.232 e. The maximum Gasteiger partial charge on any atom is 0.232 e. The summed E-state index contributed by atoms with van der Waals surface area (Å²) in [6.45, 7) is 6.05. The number of hydrogen-bond acceptors (Lipinski definition) is 4. The highest BCUT2D eigenvalue weighted by Crippen LogP contribution is 2.21. The maximum atomic E-state index is 13.4. The largest absolute Gasteiger partial charge is 0.356 e. The van der Waals surface area contributed by atoms with Gasteiger partial charge in [0.1, 0.15) is 0 Å².